The highest BCUT2D eigenvalue weighted by Crippen LogP contribution is 2.43. The second-order valence-corrected chi connectivity index (χ2v) is 8.28. The predicted octanol–water partition coefficient (Wildman–Crippen LogP) is 4.68. The van der Waals surface area contributed by atoms with E-state index in [9.17, 15) is 4.79 Å². The number of fused-ring (bicyclic) bond motifs is 2. The van der Waals surface area contributed by atoms with Gasteiger partial charge in [-0.25, -0.2) is 0 Å². The van der Waals surface area contributed by atoms with Crippen molar-refractivity contribution >= 4 is 22.9 Å². The van der Waals surface area contributed by atoms with Crippen LogP contribution in [0.3, 0.4) is 0 Å². The van der Waals surface area contributed by atoms with Crippen LogP contribution < -0.4 is 5.32 Å². The van der Waals surface area contributed by atoms with Crippen LogP contribution in [-0.2, 0) is 18.3 Å². The van der Waals surface area contributed by atoms with Crippen LogP contribution in [0.1, 0.15) is 43.4 Å². The van der Waals surface area contributed by atoms with Gasteiger partial charge in [-0.05, 0) is 66.5 Å². The minimum atomic E-state index is -0.0984. The van der Waals surface area contributed by atoms with Crippen molar-refractivity contribution in [2.24, 2.45) is 13.0 Å². The van der Waals surface area contributed by atoms with E-state index in [1.54, 1.807) is 0 Å². The molecule has 1 aromatic heterocycles. The first-order chi connectivity index (χ1) is 13.1. The first-order valence-corrected chi connectivity index (χ1v) is 9.95. The van der Waals surface area contributed by atoms with Crippen molar-refractivity contribution in [2.45, 2.75) is 44.6 Å². The molecule has 0 bridgehead atoms. The number of rotatable bonds is 3. The van der Waals surface area contributed by atoms with Crippen LogP contribution in [0.5, 0.6) is 0 Å². The molecule has 0 saturated heterocycles. The summed E-state index contributed by atoms with van der Waals surface area (Å²) in [7, 11) is 2.04. The summed E-state index contributed by atoms with van der Waals surface area (Å²) in [6.45, 7) is 2.24. The second-order valence-electron chi connectivity index (χ2n) is 8.28. The van der Waals surface area contributed by atoms with Gasteiger partial charge in [0.15, 0.2) is 0 Å². The largest absolute Gasteiger partial charge is 0.375 e. The lowest BCUT2D eigenvalue weighted by Crippen LogP contribution is -2.21. The third-order valence-corrected chi connectivity index (χ3v) is 6.04. The Balaban J connectivity index is 1.65. The Hall–Kier alpha value is -2.62. The van der Waals surface area contributed by atoms with Gasteiger partial charge in [0.2, 0.25) is 0 Å². The molecule has 2 atom stereocenters. The quantitative estimate of drug-likeness (QED) is 0.691. The molecule has 1 fully saturated rings. The number of nitrogens with one attached hydrogen (secondary N) is 1. The Bertz CT molecular complexity index is 1030. The van der Waals surface area contributed by atoms with Gasteiger partial charge in [0, 0.05) is 24.0 Å². The molecule has 4 nitrogen and oxygen atoms in total. The lowest BCUT2D eigenvalue weighted by Gasteiger charge is -2.15. The van der Waals surface area contributed by atoms with Crippen LogP contribution in [0, 0.1) is 5.92 Å². The fourth-order valence-electron chi connectivity index (χ4n) is 4.54. The van der Waals surface area contributed by atoms with E-state index >= 15 is 0 Å². The zero-order valence-corrected chi connectivity index (χ0v) is 15.9. The van der Waals surface area contributed by atoms with Crippen molar-refractivity contribution in [1.82, 2.24) is 9.78 Å². The molecule has 3 aromatic rings. The predicted molar refractivity (Wildman–Crippen MR) is 109 cm³/mol. The normalized spacial score (nSPS) is 22.1. The Labute approximate surface area is 159 Å². The van der Waals surface area contributed by atoms with E-state index in [1.807, 2.05) is 11.7 Å². The zero-order chi connectivity index (χ0) is 18.5. The monoisotopic (exact) mass is 359 g/mol. The number of nitrogens with zero attached hydrogens (tertiary/aromatic N) is 2. The summed E-state index contributed by atoms with van der Waals surface area (Å²) in [6.07, 6.45) is 5.42. The van der Waals surface area contributed by atoms with E-state index in [0.717, 1.165) is 24.8 Å². The summed E-state index contributed by atoms with van der Waals surface area (Å²) in [5.41, 5.74) is 7.39. The average molecular weight is 359 g/mol. The molecule has 1 aliphatic carbocycles. The summed E-state index contributed by atoms with van der Waals surface area (Å²) in [5, 5.41) is 9.52. The highest BCUT2D eigenvalue weighted by Gasteiger charge is 2.29. The molecular weight excluding hydrogens is 334 g/mol. The van der Waals surface area contributed by atoms with Crippen molar-refractivity contribution in [3.63, 3.8) is 0 Å². The minimum Gasteiger partial charge on any atom is -0.375 e. The molecule has 1 N–H and O–H groups in total. The number of benzene rings is 2. The summed E-state index contributed by atoms with van der Waals surface area (Å²) in [5.74, 6) is 1.10. The van der Waals surface area contributed by atoms with Crippen LogP contribution in [0.2, 0.25) is 0 Å². The highest BCUT2D eigenvalue weighted by molar-refractivity contribution is 5.89. The standard InChI is InChI=1S/C23H25N3O/c1-14-10-17(13-27)24-21-5-3-4-18(19(21)11-14)16-8-9-22-20(12-16)23(15-6-7-15)25-26(22)2/h3-5,8-9,12-15,17,24H,6-7,10-11H2,1-2H3/t14-,17?/m1/s1. The van der Waals surface area contributed by atoms with Gasteiger partial charge in [-0.1, -0.05) is 25.1 Å². The van der Waals surface area contributed by atoms with E-state index in [2.05, 4.69) is 48.6 Å². The molecule has 27 heavy (non-hydrogen) atoms. The lowest BCUT2D eigenvalue weighted by molar-refractivity contribution is -0.108. The maximum atomic E-state index is 11.4. The van der Waals surface area contributed by atoms with Crippen molar-refractivity contribution < 1.29 is 4.79 Å². The van der Waals surface area contributed by atoms with E-state index in [-0.39, 0.29) is 6.04 Å². The molecule has 0 amide bonds. The minimum absolute atomic E-state index is 0.0984. The number of hydrogen-bond acceptors (Lipinski definition) is 3. The van der Waals surface area contributed by atoms with Crippen LogP contribution in [0.15, 0.2) is 36.4 Å². The third kappa shape index (κ3) is 2.84. The molecule has 0 radical (unpaired) electrons. The maximum absolute atomic E-state index is 11.4. The van der Waals surface area contributed by atoms with Gasteiger partial charge in [0.1, 0.15) is 6.29 Å². The number of aldehydes is 1. The number of carbonyl (C=O) groups excluding carboxylic acids is 1. The van der Waals surface area contributed by atoms with Gasteiger partial charge >= 0.3 is 0 Å². The lowest BCUT2D eigenvalue weighted by atomic mass is 9.90. The van der Waals surface area contributed by atoms with Gasteiger partial charge in [-0.3, -0.25) is 4.68 Å². The van der Waals surface area contributed by atoms with Crippen molar-refractivity contribution in [3.05, 3.63) is 47.7 Å². The van der Waals surface area contributed by atoms with Crippen LogP contribution in [-0.4, -0.2) is 22.1 Å². The van der Waals surface area contributed by atoms with E-state index in [0.29, 0.717) is 11.8 Å². The molecule has 4 heteroatoms. The summed E-state index contributed by atoms with van der Waals surface area (Å²) < 4.78 is 2.01. The van der Waals surface area contributed by atoms with Gasteiger partial charge < -0.3 is 10.1 Å². The van der Waals surface area contributed by atoms with Gasteiger partial charge in [-0.15, -0.1) is 0 Å². The number of aryl methyl sites for hydroxylation is 1. The third-order valence-electron chi connectivity index (χ3n) is 6.04. The van der Waals surface area contributed by atoms with Crippen LogP contribution in [0.25, 0.3) is 22.0 Å². The van der Waals surface area contributed by atoms with Gasteiger partial charge in [-0.2, -0.15) is 5.10 Å². The Morgan fingerprint density at radius 1 is 1.22 bits per heavy atom. The van der Waals surface area contributed by atoms with Crippen LogP contribution in [0.4, 0.5) is 5.69 Å². The second kappa shape index (κ2) is 6.22. The first kappa shape index (κ1) is 16.5. The highest BCUT2D eigenvalue weighted by atomic mass is 16.1. The molecule has 2 aromatic carbocycles. The zero-order valence-electron chi connectivity index (χ0n) is 15.9. The average Bonchev–Trinajstić information content (AvgIpc) is 3.47. The molecule has 1 saturated carbocycles. The molecule has 138 valence electrons. The summed E-state index contributed by atoms with van der Waals surface area (Å²) in [6, 6.07) is 13.0. The van der Waals surface area contributed by atoms with Gasteiger partial charge in [0.05, 0.1) is 17.3 Å². The molecular formula is C23H25N3O. The topological polar surface area (TPSA) is 46.9 Å². The number of anilines is 1. The Kier molecular flexibility index (Phi) is 3.81. The molecule has 1 aliphatic heterocycles. The maximum Gasteiger partial charge on any atom is 0.142 e. The van der Waals surface area contributed by atoms with E-state index in [4.69, 9.17) is 5.10 Å². The van der Waals surface area contributed by atoms with Gasteiger partial charge in [0.25, 0.3) is 0 Å². The SMILES string of the molecule is C[C@H]1Cc2c(cccc2-c2ccc3c(c2)c(C2CC2)nn3C)NC(C=O)C1. The van der Waals surface area contributed by atoms with E-state index < -0.39 is 0 Å². The molecule has 0 spiro atoms. The number of hydrogen-bond donors (Lipinski definition) is 1. The summed E-state index contributed by atoms with van der Waals surface area (Å²) in [4.78, 5) is 11.4. The fraction of sp³-hybridized carbons (Fsp3) is 0.391. The van der Waals surface area contributed by atoms with Crippen molar-refractivity contribution in [3.8, 4) is 11.1 Å². The molecule has 1 unspecified atom stereocenters. The Morgan fingerprint density at radius 3 is 2.85 bits per heavy atom. The smallest absolute Gasteiger partial charge is 0.142 e. The fourth-order valence-corrected chi connectivity index (χ4v) is 4.54. The van der Waals surface area contributed by atoms with Crippen LogP contribution >= 0.6 is 0 Å². The number of carbonyl (C=O) groups is 1. The molecule has 5 rings (SSSR count). The molecule has 2 heterocycles. The van der Waals surface area contributed by atoms with Crippen molar-refractivity contribution in [2.75, 3.05) is 5.32 Å². The molecule has 2 aliphatic rings. The first-order valence-electron chi connectivity index (χ1n) is 9.95. The van der Waals surface area contributed by atoms with E-state index in [1.165, 1.54) is 46.1 Å². The van der Waals surface area contributed by atoms with Crippen molar-refractivity contribution in [1.29, 1.82) is 0 Å². The Morgan fingerprint density at radius 2 is 2.07 bits per heavy atom. The summed E-state index contributed by atoms with van der Waals surface area (Å²) >= 11 is 0. The number of aromatic nitrogens is 2.